The van der Waals surface area contributed by atoms with E-state index in [9.17, 15) is 0 Å². The molecular weight excluding hydrogens is 447 g/mol. The van der Waals surface area contributed by atoms with Crippen molar-refractivity contribution in [2.45, 2.75) is 20.0 Å². The molecule has 3 aromatic rings. The normalized spacial score (nSPS) is 11.4. The largest absolute Gasteiger partial charge is 1.00 e. The maximum absolute atomic E-state index is 6.25. The lowest BCUT2D eigenvalue weighted by molar-refractivity contribution is -0.884. The maximum Gasteiger partial charge on any atom is 0.160 e. The lowest BCUT2D eigenvalue weighted by atomic mass is 10.2. The van der Waals surface area contributed by atoms with E-state index in [4.69, 9.17) is 16.6 Å². The van der Waals surface area contributed by atoms with Crippen molar-refractivity contribution in [3.63, 3.8) is 0 Å². The molecule has 0 fully saturated rings. The highest BCUT2D eigenvalue weighted by molar-refractivity contribution is 6.31. The number of benzene rings is 1. The molecular formula is C19H24ClIN4. The van der Waals surface area contributed by atoms with Crippen LogP contribution in [0, 0.1) is 6.92 Å². The average Bonchev–Trinajstić information content (AvgIpc) is 2.82. The van der Waals surface area contributed by atoms with Crippen LogP contribution in [-0.2, 0) is 13.1 Å². The summed E-state index contributed by atoms with van der Waals surface area (Å²) in [7, 11) is 6.58. The van der Waals surface area contributed by atoms with Crippen LogP contribution in [0.25, 0.3) is 5.65 Å². The predicted molar refractivity (Wildman–Crippen MR) is 100 cm³/mol. The minimum Gasteiger partial charge on any atom is -1.00 e. The van der Waals surface area contributed by atoms with E-state index in [2.05, 4.69) is 56.1 Å². The van der Waals surface area contributed by atoms with Gasteiger partial charge in [-0.05, 0) is 30.7 Å². The Morgan fingerprint density at radius 1 is 1.12 bits per heavy atom. The Kier molecular flexibility index (Phi) is 6.35. The van der Waals surface area contributed by atoms with Crippen LogP contribution in [-0.4, -0.2) is 35.0 Å². The second kappa shape index (κ2) is 7.93. The Morgan fingerprint density at radius 3 is 2.52 bits per heavy atom. The molecule has 2 aromatic heterocycles. The number of nitrogens with one attached hydrogen (secondary N) is 1. The number of fused-ring (bicyclic) bond motifs is 1. The average molecular weight is 471 g/mol. The summed E-state index contributed by atoms with van der Waals surface area (Å²) in [6.07, 6.45) is 2.08. The fraction of sp³-hybridized carbons (Fsp3) is 0.316. The minimum atomic E-state index is 0. The molecule has 0 aliphatic rings. The second-order valence-corrected chi connectivity index (χ2v) is 7.56. The summed E-state index contributed by atoms with van der Waals surface area (Å²) in [5, 5.41) is 4.26. The molecule has 0 atom stereocenters. The predicted octanol–water partition coefficient (Wildman–Crippen LogP) is 1.12. The number of aryl methyl sites for hydroxylation is 1. The van der Waals surface area contributed by atoms with Gasteiger partial charge in [0, 0.05) is 17.8 Å². The topological polar surface area (TPSA) is 29.3 Å². The van der Waals surface area contributed by atoms with Crippen molar-refractivity contribution < 1.29 is 28.5 Å². The highest BCUT2D eigenvalue weighted by atomic mass is 127. The molecule has 0 bridgehead atoms. The molecule has 0 spiro atoms. The summed E-state index contributed by atoms with van der Waals surface area (Å²) in [5.41, 5.74) is 5.39. The fourth-order valence-corrected chi connectivity index (χ4v) is 3.04. The zero-order chi connectivity index (χ0) is 17.3. The van der Waals surface area contributed by atoms with E-state index in [0.717, 1.165) is 38.6 Å². The summed E-state index contributed by atoms with van der Waals surface area (Å²) in [5.74, 6) is 0. The molecule has 0 aliphatic heterocycles. The summed E-state index contributed by atoms with van der Waals surface area (Å²) in [6, 6.07) is 12.0. The molecule has 0 aliphatic carbocycles. The van der Waals surface area contributed by atoms with E-state index < -0.39 is 0 Å². The molecule has 0 saturated carbocycles. The van der Waals surface area contributed by atoms with E-state index in [1.54, 1.807) is 0 Å². The quantitative estimate of drug-likeness (QED) is 0.447. The van der Waals surface area contributed by atoms with Gasteiger partial charge in [-0.3, -0.25) is 4.40 Å². The molecule has 134 valence electrons. The van der Waals surface area contributed by atoms with E-state index in [1.807, 2.05) is 24.3 Å². The highest BCUT2D eigenvalue weighted by Gasteiger charge is 2.18. The van der Waals surface area contributed by atoms with Crippen molar-refractivity contribution >= 4 is 22.9 Å². The molecule has 3 rings (SSSR count). The number of hydrogen-bond donors (Lipinski definition) is 1. The van der Waals surface area contributed by atoms with Gasteiger partial charge in [0.05, 0.1) is 32.5 Å². The highest BCUT2D eigenvalue weighted by Crippen LogP contribution is 2.23. The minimum absolute atomic E-state index is 0. The fourth-order valence-electron chi connectivity index (χ4n) is 2.84. The molecule has 0 radical (unpaired) electrons. The van der Waals surface area contributed by atoms with E-state index in [1.165, 1.54) is 5.69 Å². The number of hydrogen-bond acceptors (Lipinski definition) is 2. The number of rotatable bonds is 5. The Bertz CT molecular complexity index is 867. The van der Waals surface area contributed by atoms with Gasteiger partial charge in [-0.2, -0.15) is 0 Å². The van der Waals surface area contributed by atoms with Gasteiger partial charge in [0.25, 0.3) is 0 Å². The van der Waals surface area contributed by atoms with Gasteiger partial charge in [0.15, 0.2) is 5.65 Å². The van der Waals surface area contributed by atoms with Gasteiger partial charge in [0.2, 0.25) is 0 Å². The third kappa shape index (κ3) is 4.65. The molecule has 1 N–H and O–H groups in total. The Hall–Kier alpha value is -1.31. The van der Waals surface area contributed by atoms with Crippen molar-refractivity contribution in [2.75, 3.05) is 26.5 Å². The number of nitrogens with zero attached hydrogens (tertiary/aromatic N) is 3. The van der Waals surface area contributed by atoms with Crippen LogP contribution in [0.1, 0.15) is 17.0 Å². The number of imidazole rings is 1. The van der Waals surface area contributed by atoms with Gasteiger partial charge in [-0.15, -0.1) is 0 Å². The van der Waals surface area contributed by atoms with Gasteiger partial charge < -0.3 is 33.8 Å². The zero-order valence-corrected chi connectivity index (χ0v) is 18.0. The van der Waals surface area contributed by atoms with Crippen molar-refractivity contribution in [3.8, 4) is 0 Å². The standard InChI is InChI=1S/C19H24ClN4.HI/c1-14-18(13-24(2,3)4)23-11-7-10-17(19(23)22-14)21-12-15-8-5-6-9-16(15)20;/h5-11,21H,12-13H2,1-4H3;1H/q+1;/p-1. The molecule has 25 heavy (non-hydrogen) atoms. The molecule has 1 aromatic carbocycles. The molecule has 0 saturated heterocycles. The van der Waals surface area contributed by atoms with Crippen LogP contribution in [0.2, 0.25) is 5.02 Å². The molecule has 6 heteroatoms. The third-order valence-corrected chi connectivity index (χ3v) is 4.37. The first kappa shape index (κ1) is 20.0. The van der Waals surface area contributed by atoms with Crippen molar-refractivity contribution in [1.82, 2.24) is 9.38 Å². The molecule has 2 heterocycles. The maximum atomic E-state index is 6.25. The lowest BCUT2D eigenvalue weighted by Gasteiger charge is -2.23. The third-order valence-electron chi connectivity index (χ3n) is 4.00. The first-order chi connectivity index (χ1) is 11.3. The smallest absolute Gasteiger partial charge is 0.160 e. The van der Waals surface area contributed by atoms with Crippen LogP contribution in [0.5, 0.6) is 0 Å². The Balaban J connectivity index is 0.00000225. The van der Waals surface area contributed by atoms with Gasteiger partial charge in [0.1, 0.15) is 12.2 Å². The summed E-state index contributed by atoms with van der Waals surface area (Å²) in [4.78, 5) is 4.79. The van der Waals surface area contributed by atoms with Crippen LogP contribution in [0.15, 0.2) is 42.6 Å². The first-order valence-electron chi connectivity index (χ1n) is 8.09. The van der Waals surface area contributed by atoms with Gasteiger partial charge in [-0.25, -0.2) is 4.98 Å². The molecule has 4 nitrogen and oxygen atoms in total. The Labute approximate surface area is 171 Å². The van der Waals surface area contributed by atoms with Crippen LogP contribution >= 0.6 is 11.6 Å². The number of anilines is 1. The van der Waals surface area contributed by atoms with Crippen LogP contribution in [0.3, 0.4) is 0 Å². The zero-order valence-electron chi connectivity index (χ0n) is 15.1. The van der Waals surface area contributed by atoms with E-state index in [0.29, 0.717) is 6.54 Å². The first-order valence-corrected chi connectivity index (χ1v) is 8.47. The van der Waals surface area contributed by atoms with Gasteiger partial charge in [-0.1, -0.05) is 29.8 Å². The second-order valence-electron chi connectivity index (χ2n) is 7.15. The summed E-state index contributed by atoms with van der Waals surface area (Å²) < 4.78 is 3.06. The van der Waals surface area contributed by atoms with E-state index >= 15 is 0 Å². The van der Waals surface area contributed by atoms with E-state index in [-0.39, 0.29) is 24.0 Å². The van der Waals surface area contributed by atoms with Crippen LogP contribution in [0.4, 0.5) is 5.69 Å². The number of pyridine rings is 1. The van der Waals surface area contributed by atoms with Crippen molar-refractivity contribution in [1.29, 1.82) is 0 Å². The van der Waals surface area contributed by atoms with Crippen molar-refractivity contribution in [3.05, 3.63) is 64.6 Å². The summed E-state index contributed by atoms with van der Waals surface area (Å²) in [6.45, 7) is 3.69. The van der Waals surface area contributed by atoms with Crippen molar-refractivity contribution in [2.24, 2.45) is 0 Å². The number of quaternary nitrogens is 1. The monoisotopic (exact) mass is 470 g/mol. The molecule has 0 unspecified atom stereocenters. The number of aromatic nitrogens is 2. The Morgan fingerprint density at radius 2 is 1.84 bits per heavy atom. The van der Waals surface area contributed by atoms with Crippen LogP contribution < -0.4 is 29.3 Å². The van der Waals surface area contributed by atoms with Gasteiger partial charge >= 0.3 is 0 Å². The number of halogens is 2. The molecule has 0 amide bonds. The SMILES string of the molecule is Cc1nc2c(NCc3ccccc3Cl)cccn2c1C[N+](C)(C)C.[I-]. The summed E-state index contributed by atoms with van der Waals surface area (Å²) >= 11 is 6.25. The lowest BCUT2D eigenvalue weighted by Crippen LogP contribution is -3.00.